The number of amidine groups is 1. The number of nitrogens with zero attached hydrogens (tertiary/aromatic N) is 1. The molecule has 0 radical (unpaired) electrons. The van der Waals surface area contributed by atoms with Gasteiger partial charge in [-0.25, -0.2) is 0 Å². The quantitative estimate of drug-likeness (QED) is 0.500. The van der Waals surface area contributed by atoms with Crippen molar-refractivity contribution in [1.29, 1.82) is 5.41 Å². The van der Waals surface area contributed by atoms with Gasteiger partial charge in [-0.1, -0.05) is 13.8 Å². The number of hydrogen-bond acceptors (Lipinski definition) is 2. The molecule has 0 spiro atoms. The van der Waals surface area contributed by atoms with Crippen molar-refractivity contribution in [2.45, 2.75) is 33.2 Å². The van der Waals surface area contributed by atoms with Crippen LogP contribution in [-0.2, 0) is 0 Å². The first-order chi connectivity index (χ1) is 6.00. The molecule has 1 heterocycles. The molecular formula is C10H21N3. The number of likely N-dealkylation sites (tertiary alicyclic amines) is 1. The normalized spacial score (nSPS) is 36.1. The molecule has 1 aliphatic rings. The first-order valence-corrected chi connectivity index (χ1v) is 5.07. The Kier molecular flexibility index (Phi) is 3.31. The fourth-order valence-corrected chi connectivity index (χ4v) is 2.26. The van der Waals surface area contributed by atoms with E-state index in [1.807, 2.05) is 0 Å². The van der Waals surface area contributed by atoms with E-state index in [4.69, 9.17) is 11.1 Å². The molecule has 0 aromatic rings. The highest BCUT2D eigenvalue weighted by Gasteiger charge is 2.28. The Morgan fingerprint density at radius 3 is 2.62 bits per heavy atom. The molecule has 0 aromatic carbocycles. The predicted molar refractivity (Wildman–Crippen MR) is 55.9 cm³/mol. The third kappa shape index (κ3) is 2.69. The van der Waals surface area contributed by atoms with E-state index < -0.39 is 0 Å². The van der Waals surface area contributed by atoms with Gasteiger partial charge in [0.05, 0.1) is 6.54 Å². The summed E-state index contributed by atoms with van der Waals surface area (Å²) in [5.41, 5.74) is 5.42. The molecular weight excluding hydrogens is 162 g/mol. The summed E-state index contributed by atoms with van der Waals surface area (Å²) in [6, 6.07) is 0.570. The summed E-state index contributed by atoms with van der Waals surface area (Å²) in [5, 5.41) is 7.29. The summed E-state index contributed by atoms with van der Waals surface area (Å²) in [5.74, 6) is 1.75. The number of piperidine rings is 1. The molecule has 0 aliphatic carbocycles. The molecule has 3 N–H and O–H groups in total. The topological polar surface area (TPSA) is 53.1 Å². The standard InChI is InChI=1S/C10H21N3/c1-7-4-8(2)9(3)13(5-7)6-10(11)12/h7-9H,4-6H2,1-3H3,(H3,11,12). The van der Waals surface area contributed by atoms with Crippen LogP contribution in [0.5, 0.6) is 0 Å². The second-order valence-electron chi connectivity index (χ2n) is 4.51. The largest absolute Gasteiger partial charge is 0.387 e. The van der Waals surface area contributed by atoms with Crippen molar-refractivity contribution in [3.8, 4) is 0 Å². The van der Waals surface area contributed by atoms with E-state index >= 15 is 0 Å². The van der Waals surface area contributed by atoms with Crippen LogP contribution in [0, 0.1) is 17.2 Å². The minimum absolute atomic E-state index is 0.285. The van der Waals surface area contributed by atoms with Crippen molar-refractivity contribution in [1.82, 2.24) is 4.90 Å². The fourth-order valence-electron chi connectivity index (χ4n) is 2.26. The van der Waals surface area contributed by atoms with Crippen molar-refractivity contribution in [2.75, 3.05) is 13.1 Å². The molecule has 0 saturated carbocycles. The van der Waals surface area contributed by atoms with Gasteiger partial charge in [-0.3, -0.25) is 10.3 Å². The summed E-state index contributed by atoms with van der Waals surface area (Å²) >= 11 is 0. The van der Waals surface area contributed by atoms with Gasteiger partial charge in [0.2, 0.25) is 0 Å². The Labute approximate surface area is 80.8 Å². The molecule has 76 valence electrons. The van der Waals surface area contributed by atoms with E-state index in [2.05, 4.69) is 25.7 Å². The maximum absolute atomic E-state index is 7.29. The van der Waals surface area contributed by atoms with Gasteiger partial charge in [0.1, 0.15) is 5.84 Å². The van der Waals surface area contributed by atoms with Crippen LogP contribution >= 0.6 is 0 Å². The molecule has 13 heavy (non-hydrogen) atoms. The lowest BCUT2D eigenvalue weighted by molar-refractivity contribution is 0.0951. The van der Waals surface area contributed by atoms with Crippen LogP contribution in [0.25, 0.3) is 0 Å². The molecule has 3 atom stereocenters. The van der Waals surface area contributed by atoms with Crippen LogP contribution in [0.1, 0.15) is 27.2 Å². The molecule has 1 saturated heterocycles. The smallest absolute Gasteiger partial charge is 0.105 e. The van der Waals surface area contributed by atoms with Crippen LogP contribution < -0.4 is 5.73 Å². The van der Waals surface area contributed by atoms with E-state index in [0.29, 0.717) is 12.6 Å². The summed E-state index contributed by atoms with van der Waals surface area (Å²) < 4.78 is 0. The minimum Gasteiger partial charge on any atom is -0.387 e. The molecule has 1 aliphatic heterocycles. The van der Waals surface area contributed by atoms with Crippen LogP contribution in [0.15, 0.2) is 0 Å². The maximum atomic E-state index is 7.29. The van der Waals surface area contributed by atoms with E-state index in [9.17, 15) is 0 Å². The molecule has 3 nitrogen and oxygen atoms in total. The highest BCUT2D eigenvalue weighted by Crippen LogP contribution is 2.26. The van der Waals surface area contributed by atoms with Gasteiger partial charge in [0.25, 0.3) is 0 Å². The van der Waals surface area contributed by atoms with E-state index in [0.717, 1.165) is 18.4 Å². The first-order valence-electron chi connectivity index (χ1n) is 5.07. The highest BCUT2D eigenvalue weighted by atomic mass is 15.2. The molecule has 0 bridgehead atoms. The Morgan fingerprint density at radius 2 is 2.08 bits per heavy atom. The van der Waals surface area contributed by atoms with Gasteiger partial charge < -0.3 is 5.73 Å². The van der Waals surface area contributed by atoms with Crippen molar-refractivity contribution < 1.29 is 0 Å². The SMILES string of the molecule is CC1CC(C)C(C)N(CC(=N)N)C1. The minimum atomic E-state index is 0.285. The van der Waals surface area contributed by atoms with Crippen molar-refractivity contribution in [3.63, 3.8) is 0 Å². The van der Waals surface area contributed by atoms with Gasteiger partial charge in [-0.05, 0) is 25.2 Å². The van der Waals surface area contributed by atoms with Gasteiger partial charge in [0, 0.05) is 12.6 Å². The van der Waals surface area contributed by atoms with Crippen molar-refractivity contribution >= 4 is 5.84 Å². The highest BCUT2D eigenvalue weighted by molar-refractivity contribution is 5.79. The van der Waals surface area contributed by atoms with E-state index in [1.54, 1.807) is 0 Å². The second kappa shape index (κ2) is 4.09. The van der Waals surface area contributed by atoms with Crippen LogP contribution in [0.2, 0.25) is 0 Å². The summed E-state index contributed by atoms with van der Waals surface area (Å²) in [6.07, 6.45) is 1.30. The zero-order chi connectivity index (χ0) is 10.0. The van der Waals surface area contributed by atoms with Gasteiger partial charge in [-0.15, -0.1) is 0 Å². The van der Waals surface area contributed by atoms with Crippen molar-refractivity contribution in [2.24, 2.45) is 17.6 Å². The first kappa shape index (κ1) is 10.5. The Morgan fingerprint density at radius 1 is 1.46 bits per heavy atom. The van der Waals surface area contributed by atoms with E-state index in [1.165, 1.54) is 6.42 Å². The lowest BCUT2D eigenvalue weighted by Gasteiger charge is -2.40. The average Bonchev–Trinajstić information content (AvgIpc) is 1.98. The van der Waals surface area contributed by atoms with E-state index in [-0.39, 0.29) is 5.84 Å². The summed E-state index contributed by atoms with van der Waals surface area (Å²) in [6.45, 7) is 8.52. The number of nitrogens with one attached hydrogen (secondary N) is 1. The third-order valence-electron chi connectivity index (χ3n) is 3.09. The van der Waals surface area contributed by atoms with Crippen LogP contribution in [-0.4, -0.2) is 29.9 Å². The molecule has 1 rings (SSSR count). The van der Waals surface area contributed by atoms with Crippen LogP contribution in [0.4, 0.5) is 0 Å². The fraction of sp³-hybridized carbons (Fsp3) is 0.900. The third-order valence-corrected chi connectivity index (χ3v) is 3.09. The van der Waals surface area contributed by atoms with Gasteiger partial charge in [0.15, 0.2) is 0 Å². The molecule has 3 unspecified atom stereocenters. The Balaban J connectivity index is 2.55. The Bertz CT molecular complexity index is 191. The monoisotopic (exact) mass is 183 g/mol. The van der Waals surface area contributed by atoms with Gasteiger partial charge >= 0.3 is 0 Å². The molecule has 0 amide bonds. The lowest BCUT2D eigenvalue weighted by Crippen LogP contribution is -2.48. The number of nitrogens with two attached hydrogens (primary N) is 1. The number of hydrogen-bond donors (Lipinski definition) is 2. The van der Waals surface area contributed by atoms with Gasteiger partial charge in [-0.2, -0.15) is 0 Å². The predicted octanol–water partition coefficient (Wildman–Crippen LogP) is 1.29. The molecule has 1 fully saturated rings. The Hall–Kier alpha value is -0.570. The lowest BCUT2D eigenvalue weighted by atomic mass is 9.86. The summed E-state index contributed by atoms with van der Waals surface area (Å²) in [7, 11) is 0. The molecule has 0 aromatic heterocycles. The second-order valence-corrected chi connectivity index (χ2v) is 4.51. The molecule has 3 heteroatoms. The zero-order valence-electron chi connectivity index (χ0n) is 8.88. The number of rotatable bonds is 2. The van der Waals surface area contributed by atoms with Crippen LogP contribution in [0.3, 0.4) is 0 Å². The summed E-state index contributed by atoms with van der Waals surface area (Å²) in [4.78, 5) is 2.32. The maximum Gasteiger partial charge on any atom is 0.105 e. The average molecular weight is 183 g/mol. The van der Waals surface area contributed by atoms with Crippen molar-refractivity contribution in [3.05, 3.63) is 0 Å². The zero-order valence-corrected chi connectivity index (χ0v) is 8.88.